The lowest BCUT2D eigenvalue weighted by atomic mass is 10.1. The molecule has 1 nitrogen and oxygen atoms in total. The number of nitrogens with two attached hydrogens (primary N) is 1. The number of hydrogen-bond acceptors (Lipinski definition) is 1. The second-order valence-electron chi connectivity index (χ2n) is 2.80. The van der Waals surface area contributed by atoms with Crippen molar-refractivity contribution in [2.24, 2.45) is 5.73 Å². The van der Waals surface area contributed by atoms with Crippen LogP contribution in [-0.4, -0.2) is 0 Å². The molecular weight excluding hydrogens is 224 g/mol. The second-order valence-corrected chi connectivity index (χ2v) is 3.21. The highest BCUT2D eigenvalue weighted by Crippen LogP contribution is 2.21. The highest BCUT2D eigenvalue weighted by Gasteiger charge is 2.06. The highest BCUT2D eigenvalue weighted by molar-refractivity contribution is 6.30. The summed E-state index contributed by atoms with van der Waals surface area (Å²) >= 11 is 5.60. The molecule has 4 heteroatoms. The number of rotatable bonds is 3. The Balaban J connectivity index is 0.00000169. The van der Waals surface area contributed by atoms with Gasteiger partial charge in [-0.05, 0) is 24.1 Å². The molecule has 78 valence electrons. The summed E-state index contributed by atoms with van der Waals surface area (Å²) in [6.07, 6.45) is 2.38. The fourth-order valence-electron chi connectivity index (χ4n) is 1.06. The van der Waals surface area contributed by atoms with Crippen molar-refractivity contribution < 1.29 is 4.39 Å². The topological polar surface area (TPSA) is 26.0 Å². The molecule has 1 atom stereocenters. The van der Waals surface area contributed by atoms with Crippen molar-refractivity contribution in [2.75, 3.05) is 0 Å². The van der Waals surface area contributed by atoms with E-state index in [0.717, 1.165) is 5.56 Å². The lowest BCUT2D eigenvalue weighted by Crippen LogP contribution is -2.08. The van der Waals surface area contributed by atoms with Crippen LogP contribution < -0.4 is 5.73 Å². The molecule has 0 saturated heterocycles. The van der Waals surface area contributed by atoms with Gasteiger partial charge in [0, 0.05) is 6.04 Å². The minimum absolute atomic E-state index is 0. The summed E-state index contributed by atoms with van der Waals surface area (Å²) in [5, 5.41) is 0.108. The van der Waals surface area contributed by atoms with E-state index >= 15 is 0 Å². The maximum atomic E-state index is 12.8. The van der Waals surface area contributed by atoms with Crippen LogP contribution in [0.2, 0.25) is 5.02 Å². The zero-order valence-corrected chi connectivity index (χ0v) is 9.11. The fourth-order valence-corrected chi connectivity index (χ4v) is 1.25. The Morgan fingerprint density at radius 2 is 2.21 bits per heavy atom. The first-order valence-corrected chi connectivity index (χ1v) is 4.34. The average Bonchev–Trinajstić information content (AvgIpc) is 2.10. The van der Waals surface area contributed by atoms with Crippen LogP contribution in [0.5, 0.6) is 0 Å². The van der Waals surface area contributed by atoms with E-state index in [9.17, 15) is 4.39 Å². The monoisotopic (exact) mass is 235 g/mol. The Bertz CT molecular complexity index is 315. The van der Waals surface area contributed by atoms with E-state index in [1.165, 1.54) is 6.07 Å². The van der Waals surface area contributed by atoms with E-state index in [2.05, 4.69) is 6.58 Å². The van der Waals surface area contributed by atoms with E-state index < -0.39 is 5.82 Å². The molecule has 0 radical (unpaired) electrons. The van der Waals surface area contributed by atoms with E-state index in [0.29, 0.717) is 6.42 Å². The molecule has 0 aliphatic heterocycles. The standard InChI is InChI=1S/C10H11ClFN.ClH/c1-2-3-10(13)7-4-5-9(12)8(11)6-7;/h2,4-6,10H,1,3,13H2;1H/t10-;/m1./s1. The summed E-state index contributed by atoms with van der Waals surface area (Å²) in [6.45, 7) is 3.58. The molecule has 0 aromatic heterocycles. The summed E-state index contributed by atoms with van der Waals surface area (Å²) in [7, 11) is 0. The SMILES string of the molecule is C=CC[C@@H](N)c1ccc(F)c(Cl)c1.Cl. The summed E-state index contributed by atoms with van der Waals surface area (Å²) in [4.78, 5) is 0. The fraction of sp³-hybridized carbons (Fsp3) is 0.200. The third kappa shape index (κ3) is 3.29. The number of hydrogen-bond donors (Lipinski definition) is 1. The van der Waals surface area contributed by atoms with Crippen LogP contribution in [0.3, 0.4) is 0 Å². The van der Waals surface area contributed by atoms with E-state index in [-0.39, 0.29) is 23.5 Å². The van der Waals surface area contributed by atoms with Gasteiger partial charge in [-0.25, -0.2) is 4.39 Å². The first-order chi connectivity index (χ1) is 6.15. The Morgan fingerprint density at radius 1 is 1.57 bits per heavy atom. The van der Waals surface area contributed by atoms with Gasteiger partial charge in [0.2, 0.25) is 0 Å². The zero-order chi connectivity index (χ0) is 9.84. The molecule has 1 aromatic rings. The largest absolute Gasteiger partial charge is 0.324 e. The van der Waals surface area contributed by atoms with Crippen molar-refractivity contribution in [2.45, 2.75) is 12.5 Å². The Kier molecular flexibility index (Phi) is 5.77. The Morgan fingerprint density at radius 3 is 2.71 bits per heavy atom. The molecule has 0 spiro atoms. The molecule has 0 fully saturated rings. The van der Waals surface area contributed by atoms with Gasteiger partial charge in [-0.2, -0.15) is 0 Å². The molecule has 0 unspecified atom stereocenters. The van der Waals surface area contributed by atoms with Gasteiger partial charge >= 0.3 is 0 Å². The Labute approximate surface area is 94.2 Å². The van der Waals surface area contributed by atoms with Gasteiger partial charge < -0.3 is 5.73 Å². The van der Waals surface area contributed by atoms with Gasteiger partial charge in [0.15, 0.2) is 0 Å². The van der Waals surface area contributed by atoms with E-state index in [1.807, 2.05) is 0 Å². The minimum atomic E-state index is -0.420. The first kappa shape index (κ1) is 13.4. The van der Waals surface area contributed by atoms with Crippen LogP contribution in [0.25, 0.3) is 0 Å². The maximum absolute atomic E-state index is 12.8. The van der Waals surface area contributed by atoms with Crippen molar-refractivity contribution in [3.05, 3.63) is 47.3 Å². The van der Waals surface area contributed by atoms with E-state index in [4.69, 9.17) is 17.3 Å². The first-order valence-electron chi connectivity index (χ1n) is 3.96. The van der Waals surface area contributed by atoms with Crippen molar-refractivity contribution in [1.29, 1.82) is 0 Å². The molecule has 0 aliphatic rings. The number of benzene rings is 1. The molecule has 0 bridgehead atoms. The lowest BCUT2D eigenvalue weighted by molar-refractivity contribution is 0.625. The smallest absolute Gasteiger partial charge is 0.141 e. The predicted octanol–water partition coefficient (Wildman–Crippen LogP) is 3.48. The third-order valence-electron chi connectivity index (χ3n) is 1.79. The van der Waals surface area contributed by atoms with Crippen LogP contribution in [0.4, 0.5) is 4.39 Å². The van der Waals surface area contributed by atoms with Crippen LogP contribution in [0, 0.1) is 5.82 Å². The molecule has 1 rings (SSSR count). The predicted molar refractivity (Wildman–Crippen MR) is 60.4 cm³/mol. The molecular formula is C10H12Cl2FN. The number of halogens is 3. The maximum Gasteiger partial charge on any atom is 0.141 e. The molecule has 0 amide bonds. The molecule has 14 heavy (non-hydrogen) atoms. The molecule has 0 saturated carbocycles. The Hall–Kier alpha value is -0.570. The van der Waals surface area contributed by atoms with Crippen LogP contribution in [0.1, 0.15) is 18.0 Å². The van der Waals surface area contributed by atoms with Crippen molar-refractivity contribution in [3.63, 3.8) is 0 Å². The van der Waals surface area contributed by atoms with Crippen molar-refractivity contribution in [1.82, 2.24) is 0 Å². The normalized spacial score (nSPS) is 11.6. The lowest BCUT2D eigenvalue weighted by Gasteiger charge is -2.09. The van der Waals surface area contributed by atoms with Gasteiger partial charge in [0.05, 0.1) is 5.02 Å². The highest BCUT2D eigenvalue weighted by atomic mass is 35.5. The van der Waals surface area contributed by atoms with Gasteiger partial charge in [0.25, 0.3) is 0 Å². The quantitative estimate of drug-likeness (QED) is 0.799. The molecule has 2 N–H and O–H groups in total. The molecule has 1 aromatic carbocycles. The van der Waals surface area contributed by atoms with Crippen molar-refractivity contribution >= 4 is 24.0 Å². The molecule has 0 aliphatic carbocycles. The summed E-state index contributed by atoms with van der Waals surface area (Å²) in [5.41, 5.74) is 6.60. The second kappa shape index (κ2) is 6.02. The van der Waals surface area contributed by atoms with E-state index in [1.54, 1.807) is 18.2 Å². The summed E-state index contributed by atoms with van der Waals surface area (Å²) in [5.74, 6) is -0.420. The third-order valence-corrected chi connectivity index (χ3v) is 2.08. The van der Waals surface area contributed by atoms with Gasteiger partial charge in [-0.1, -0.05) is 23.7 Å². The molecule has 0 heterocycles. The minimum Gasteiger partial charge on any atom is -0.324 e. The van der Waals surface area contributed by atoms with Crippen LogP contribution >= 0.6 is 24.0 Å². The van der Waals surface area contributed by atoms with Gasteiger partial charge in [-0.15, -0.1) is 19.0 Å². The van der Waals surface area contributed by atoms with Gasteiger partial charge in [0.1, 0.15) is 5.82 Å². The van der Waals surface area contributed by atoms with Crippen LogP contribution in [-0.2, 0) is 0 Å². The summed E-state index contributed by atoms with van der Waals surface area (Å²) < 4.78 is 12.8. The van der Waals surface area contributed by atoms with Gasteiger partial charge in [-0.3, -0.25) is 0 Å². The average molecular weight is 236 g/mol. The summed E-state index contributed by atoms with van der Waals surface area (Å²) in [6, 6.07) is 4.34. The van der Waals surface area contributed by atoms with Crippen molar-refractivity contribution in [3.8, 4) is 0 Å². The van der Waals surface area contributed by atoms with Crippen LogP contribution in [0.15, 0.2) is 30.9 Å². The zero-order valence-electron chi connectivity index (χ0n) is 7.54.